The first-order chi connectivity index (χ1) is 5.75. The molecule has 0 bridgehead atoms. The smallest absolute Gasteiger partial charge is 0.00697 e. The Balaban J connectivity index is 2.34. The zero-order chi connectivity index (χ0) is 8.97. The van der Waals surface area contributed by atoms with Crippen LogP contribution < -0.4 is 0 Å². The Bertz CT molecular complexity index is 112. The number of unbranched alkanes of at least 4 members (excludes halogenated alkanes) is 1. The van der Waals surface area contributed by atoms with Crippen LogP contribution in [0.4, 0.5) is 0 Å². The molecule has 0 N–H and O–H groups in total. The van der Waals surface area contributed by atoms with Gasteiger partial charge < -0.3 is 0 Å². The lowest BCUT2D eigenvalue weighted by atomic mass is 9.97. The predicted molar refractivity (Wildman–Crippen MR) is 54.4 cm³/mol. The average Bonchev–Trinajstić information content (AvgIpc) is 2.04. The highest BCUT2D eigenvalue weighted by atomic mass is 15.2. The van der Waals surface area contributed by atoms with Crippen molar-refractivity contribution in [2.24, 2.45) is 0 Å². The second kappa shape index (κ2) is 4.86. The molecule has 72 valence electrons. The highest BCUT2D eigenvalue weighted by Gasteiger charge is 2.23. The van der Waals surface area contributed by atoms with Crippen molar-refractivity contribution < 1.29 is 0 Å². The molecule has 1 fully saturated rings. The van der Waals surface area contributed by atoms with Gasteiger partial charge in [0.05, 0.1) is 0 Å². The van der Waals surface area contributed by atoms with Gasteiger partial charge in [-0.3, -0.25) is 4.90 Å². The third-order valence-corrected chi connectivity index (χ3v) is 3.15. The SMILES string of the molecule is CCCCN1C(C)CCCC1C. The number of nitrogens with zero attached hydrogens (tertiary/aromatic N) is 1. The van der Waals surface area contributed by atoms with E-state index in [2.05, 4.69) is 25.7 Å². The monoisotopic (exact) mass is 169 g/mol. The van der Waals surface area contributed by atoms with Crippen molar-refractivity contribution in [3.8, 4) is 0 Å². The van der Waals surface area contributed by atoms with Gasteiger partial charge in [0, 0.05) is 12.1 Å². The summed E-state index contributed by atoms with van der Waals surface area (Å²) < 4.78 is 0. The first-order valence-electron chi connectivity index (χ1n) is 5.51. The lowest BCUT2D eigenvalue weighted by Crippen LogP contribution is -2.44. The highest BCUT2D eigenvalue weighted by molar-refractivity contribution is 4.78. The summed E-state index contributed by atoms with van der Waals surface area (Å²) in [7, 11) is 0. The van der Waals surface area contributed by atoms with Crippen LogP contribution in [0.5, 0.6) is 0 Å². The fourth-order valence-electron chi connectivity index (χ4n) is 2.26. The Morgan fingerprint density at radius 1 is 1.17 bits per heavy atom. The maximum absolute atomic E-state index is 2.69. The minimum absolute atomic E-state index is 0.834. The van der Waals surface area contributed by atoms with E-state index in [4.69, 9.17) is 0 Å². The molecule has 0 aromatic rings. The lowest BCUT2D eigenvalue weighted by molar-refractivity contribution is 0.102. The van der Waals surface area contributed by atoms with E-state index in [-0.39, 0.29) is 0 Å². The number of hydrogen-bond donors (Lipinski definition) is 0. The summed E-state index contributed by atoms with van der Waals surface area (Å²) in [5.41, 5.74) is 0. The summed E-state index contributed by atoms with van der Waals surface area (Å²) in [6, 6.07) is 1.67. The maximum atomic E-state index is 2.69. The van der Waals surface area contributed by atoms with Gasteiger partial charge in [0.15, 0.2) is 0 Å². The molecular weight excluding hydrogens is 146 g/mol. The Morgan fingerprint density at radius 3 is 2.25 bits per heavy atom. The molecule has 0 aromatic heterocycles. The van der Waals surface area contributed by atoms with Gasteiger partial charge in [0.25, 0.3) is 0 Å². The minimum atomic E-state index is 0.834. The Morgan fingerprint density at radius 2 is 1.75 bits per heavy atom. The van der Waals surface area contributed by atoms with E-state index in [0.29, 0.717) is 0 Å². The molecule has 1 saturated heterocycles. The van der Waals surface area contributed by atoms with E-state index >= 15 is 0 Å². The number of likely N-dealkylation sites (tertiary alicyclic amines) is 1. The standard InChI is InChI=1S/C11H23N/c1-4-5-9-12-10(2)7-6-8-11(12)3/h10-11H,4-9H2,1-3H3. The normalized spacial score (nSPS) is 32.2. The number of piperidine rings is 1. The summed E-state index contributed by atoms with van der Waals surface area (Å²) in [5.74, 6) is 0. The van der Waals surface area contributed by atoms with Crippen LogP contribution in [-0.2, 0) is 0 Å². The van der Waals surface area contributed by atoms with E-state index in [1.807, 2.05) is 0 Å². The summed E-state index contributed by atoms with van der Waals surface area (Å²) in [4.78, 5) is 2.69. The fraction of sp³-hybridized carbons (Fsp3) is 1.00. The minimum Gasteiger partial charge on any atom is -0.298 e. The van der Waals surface area contributed by atoms with E-state index in [9.17, 15) is 0 Å². The van der Waals surface area contributed by atoms with Gasteiger partial charge in [0.1, 0.15) is 0 Å². The third kappa shape index (κ3) is 2.48. The van der Waals surface area contributed by atoms with Crippen molar-refractivity contribution >= 4 is 0 Å². The largest absolute Gasteiger partial charge is 0.298 e. The molecule has 0 amide bonds. The predicted octanol–water partition coefficient (Wildman–Crippen LogP) is 3.05. The topological polar surface area (TPSA) is 3.24 Å². The van der Waals surface area contributed by atoms with E-state index in [1.165, 1.54) is 38.6 Å². The van der Waals surface area contributed by atoms with Gasteiger partial charge in [-0.25, -0.2) is 0 Å². The van der Waals surface area contributed by atoms with Gasteiger partial charge in [-0.2, -0.15) is 0 Å². The van der Waals surface area contributed by atoms with Crippen LogP contribution >= 0.6 is 0 Å². The third-order valence-electron chi connectivity index (χ3n) is 3.15. The van der Waals surface area contributed by atoms with E-state index < -0.39 is 0 Å². The van der Waals surface area contributed by atoms with Crippen LogP contribution in [0.15, 0.2) is 0 Å². The second-order valence-corrected chi connectivity index (χ2v) is 4.22. The molecule has 2 atom stereocenters. The van der Waals surface area contributed by atoms with Crippen LogP contribution in [0.3, 0.4) is 0 Å². The molecule has 1 heterocycles. The average molecular weight is 169 g/mol. The van der Waals surface area contributed by atoms with Gasteiger partial charge in [0.2, 0.25) is 0 Å². The molecule has 0 spiro atoms. The first-order valence-corrected chi connectivity index (χ1v) is 5.51. The first kappa shape index (κ1) is 10.0. The molecule has 1 rings (SSSR count). The molecule has 1 heteroatoms. The van der Waals surface area contributed by atoms with Crippen molar-refractivity contribution in [2.75, 3.05) is 6.54 Å². The van der Waals surface area contributed by atoms with E-state index in [0.717, 1.165) is 12.1 Å². The van der Waals surface area contributed by atoms with Crippen LogP contribution in [0.25, 0.3) is 0 Å². The summed E-state index contributed by atoms with van der Waals surface area (Å²) >= 11 is 0. The Hall–Kier alpha value is -0.0400. The Kier molecular flexibility index (Phi) is 4.07. The van der Waals surface area contributed by atoms with Gasteiger partial charge in [-0.1, -0.05) is 19.8 Å². The molecule has 1 aliphatic heterocycles. The van der Waals surface area contributed by atoms with Crippen LogP contribution in [0, 0.1) is 0 Å². The summed E-state index contributed by atoms with van der Waals surface area (Å²) in [6.07, 6.45) is 6.96. The van der Waals surface area contributed by atoms with Crippen molar-refractivity contribution in [1.82, 2.24) is 4.90 Å². The van der Waals surface area contributed by atoms with Gasteiger partial charge >= 0.3 is 0 Å². The molecule has 12 heavy (non-hydrogen) atoms. The van der Waals surface area contributed by atoms with Crippen molar-refractivity contribution in [3.05, 3.63) is 0 Å². The Labute approximate surface area is 77.1 Å². The zero-order valence-corrected chi connectivity index (χ0v) is 8.84. The van der Waals surface area contributed by atoms with Crippen molar-refractivity contribution in [1.29, 1.82) is 0 Å². The van der Waals surface area contributed by atoms with Crippen molar-refractivity contribution in [3.63, 3.8) is 0 Å². The molecule has 0 saturated carbocycles. The van der Waals surface area contributed by atoms with Gasteiger partial charge in [-0.15, -0.1) is 0 Å². The van der Waals surface area contributed by atoms with Crippen LogP contribution in [0.2, 0.25) is 0 Å². The summed E-state index contributed by atoms with van der Waals surface area (Å²) in [6.45, 7) is 8.36. The molecule has 2 unspecified atom stereocenters. The lowest BCUT2D eigenvalue weighted by Gasteiger charge is -2.39. The molecule has 0 aromatic carbocycles. The summed E-state index contributed by atoms with van der Waals surface area (Å²) in [5, 5.41) is 0. The molecular formula is C11H23N. The highest BCUT2D eigenvalue weighted by Crippen LogP contribution is 2.22. The van der Waals surface area contributed by atoms with Crippen molar-refractivity contribution in [2.45, 2.75) is 65.0 Å². The van der Waals surface area contributed by atoms with Crippen LogP contribution in [0.1, 0.15) is 52.9 Å². The fourth-order valence-corrected chi connectivity index (χ4v) is 2.26. The maximum Gasteiger partial charge on any atom is 0.00697 e. The number of hydrogen-bond acceptors (Lipinski definition) is 1. The molecule has 0 aliphatic carbocycles. The number of rotatable bonds is 3. The zero-order valence-electron chi connectivity index (χ0n) is 8.84. The van der Waals surface area contributed by atoms with Crippen LogP contribution in [-0.4, -0.2) is 23.5 Å². The molecule has 1 aliphatic rings. The van der Waals surface area contributed by atoms with E-state index in [1.54, 1.807) is 0 Å². The quantitative estimate of drug-likeness (QED) is 0.627. The second-order valence-electron chi connectivity index (χ2n) is 4.22. The molecule has 0 radical (unpaired) electrons. The molecule has 1 nitrogen and oxygen atoms in total. The van der Waals surface area contributed by atoms with Gasteiger partial charge in [-0.05, 0) is 39.7 Å².